The number of primary sulfonamides is 1. The Morgan fingerprint density at radius 1 is 1.30 bits per heavy atom. The molecule has 9 heteroatoms. The highest BCUT2D eigenvalue weighted by molar-refractivity contribution is 9.10. The van der Waals surface area contributed by atoms with Crippen molar-refractivity contribution in [3.05, 3.63) is 57.6 Å². The Bertz CT molecular complexity index is 1050. The smallest absolute Gasteiger partial charge is 0.238 e. The molecule has 30 heavy (non-hydrogen) atoms. The second kappa shape index (κ2) is 9.90. The number of β-amino-alcohol motifs (C(OH)–C–C–N with tert-alkyl or cyclic N) is 1. The van der Waals surface area contributed by atoms with Crippen LogP contribution in [0.1, 0.15) is 30.5 Å². The third kappa shape index (κ3) is 7.07. The van der Waals surface area contributed by atoms with Crippen molar-refractivity contribution in [2.75, 3.05) is 13.2 Å². The van der Waals surface area contributed by atoms with Crippen molar-refractivity contribution in [3.63, 3.8) is 0 Å². The molecule has 2 aromatic rings. The molecule has 2 rings (SSSR count). The van der Waals surface area contributed by atoms with Crippen molar-refractivity contribution in [2.24, 2.45) is 5.14 Å². The van der Waals surface area contributed by atoms with E-state index in [2.05, 4.69) is 27.3 Å². The summed E-state index contributed by atoms with van der Waals surface area (Å²) >= 11 is 3.40. The lowest BCUT2D eigenvalue weighted by Crippen LogP contribution is -2.46. The van der Waals surface area contributed by atoms with Gasteiger partial charge in [-0.2, -0.15) is 5.26 Å². The molecule has 2 aromatic carbocycles. The van der Waals surface area contributed by atoms with Crippen LogP contribution in [0.3, 0.4) is 0 Å². The Kier molecular flexibility index (Phi) is 8.02. The van der Waals surface area contributed by atoms with Gasteiger partial charge in [-0.05, 0) is 62.6 Å². The minimum atomic E-state index is -3.76. The summed E-state index contributed by atoms with van der Waals surface area (Å²) in [6, 6.07) is 12.0. The molecule has 7 nitrogen and oxygen atoms in total. The zero-order valence-electron chi connectivity index (χ0n) is 17.1. The summed E-state index contributed by atoms with van der Waals surface area (Å²) < 4.78 is 29.2. The van der Waals surface area contributed by atoms with Gasteiger partial charge >= 0.3 is 0 Å². The number of halogens is 1. The van der Waals surface area contributed by atoms with Crippen molar-refractivity contribution in [2.45, 2.75) is 43.7 Å². The third-order valence-electron chi connectivity index (χ3n) is 4.49. The molecule has 0 aromatic heterocycles. The van der Waals surface area contributed by atoms with Gasteiger partial charge in [0.1, 0.15) is 24.5 Å². The lowest BCUT2D eigenvalue weighted by Gasteiger charge is -2.28. The Balaban J connectivity index is 1.93. The molecule has 162 valence electrons. The normalized spacial score (nSPS) is 13.0. The lowest BCUT2D eigenvalue weighted by atomic mass is 9.94. The molecule has 0 saturated carbocycles. The van der Waals surface area contributed by atoms with Gasteiger partial charge in [0.2, 0.25) is 10.0 Å². The highest BCUT2D eigenvalue weighted by Gasteiger charge is 2.22. The van der Waals surface area contributed by atoms with Crippen LogP contribution in [0, 0.1) is 18.3 Å². The summed E-state index contributed by atoms with van der Waals surface area (Å²) in [4.78, 5) is 0.0457. The minimum absolute atomic E-state index is 0.0457. The second-order valence-electron chi connectivity index (χ2n) is 7.82. The Hall–Kier alpha value is -1.96. The number of nitriles is 1. The monoisotopic (exact) mass is 495 g/mol. The van der Waals surface area contributed by atoms with E-state index in [0.717, 1.165) is 11.1 Å². The van der Waals surface area contributed by atoms with E-state index < -0.39 is 16.1 Å². The zero-order valence-corrected chi connectivity index (χ0v) is 19.5. The number of aliphatic hydroxyl groups excluding tert-OH is 1. The van der Waals surface area contributed by atoms with Crippen LogP contribution in [0.2, 0.25) is 0 Å². The molecule has 1 atom stereocenters. The summed E-state index contributed by atoms with van der Waals surface area (Å²) in [5, 5.41) is 27.9. The summed E-state index contributed by atoms with van der Waals surface area (Å²) in [7, 11) is -3.76. The first-order chi connectivity index (χ1) is 13.9. The van der Waals surface area contributed by atoms with Gasteiger partial charge in [0, 0.05) is 16.6 Å². The SMILES string of the molecule is Cc1ccc(C#N)c(OC[C@@H](O)CNC(C)(C)Cc2ccc(S(N)(=O)=O)cc2Br)c1. The molecule has 0 saturated heterocycles. The topological polar surface area (TPSA) is 125 Å². The lowest BCUT2D eigenvalue weighted by molar-refractivity contribution is 0.0986. The number of nitrogens with one attached hydrogen (secondary N) is 1. The summed E-state index contributed by atoms with van der Waals surface area (Å²) in [5.41, 5.74) is 1.92. The molecular weight excluding hydrogens is 470 g/mol. The number of nitrogens with zero attached hydrogens (tertiary/aromatic N) is 1. The molecule has 0 aliphatic rings. The van der Waals surface area contributed by atoms with Crippen LogP contribution in [0.4, 0.5) is 0 Å². The van der Waals surface area contributed by atoms with Crippen LogP contribution < -0.4 is 15.2 Å². The quantitative estimate of drug-likeness (QED) is 0.490. The Labute approximate surface area is 186 Å². The molecule has 4 N–H and O–H groups in total. The molecule has 0 radical (unpaired) electrons. The fraction of sp³-hybridized carbons (Fsp3) is 0.381. The maximum absolute atomic E-state index is 11.5. The zero-order chi connectivity index (χ0) is 22.5. The van der Waals surface area contributed by atoms with Gasteiger partial charge in [-0.15, -0.1) is 0 Å². The second-order valence-corrected chi connectivity index (χ2v) is 10.2. The fourth-order valence-corrected chi connectivity index (χ4v) is 4.08. The van der Waals surface area contributed by atoms with Crippen LogP contribution in [-0.4, -0.2) is 38.3 Å². The molecular formula is C21H26BrN3O4S. The summed E-state index contributed by atoms with van der Waals surface area (Å²) in [5.74, 6) is 0.453. The van der Waals surface area contributed by atoms with Gasteiger partial charge in [-0.3, -0.25) is 0 Å². The van der Waals surface area contributed by atoms with Crippen molar-refractivity contribution < 1.29 is 18.3 Å². The standard InChI is InChI=1S/C21H26BrN3O4S/c1-14-4-5-16(11-23)20(8-14)29-13-17(26)12-25-21(2,3)10-15-6-7-18(9-19(15)22)30(24,27)28/h4-9,17,25-26H,10,12-13H2,1-3H3,(H2,24,27,28)/t17-/m0/s1. The average Bonchev–Trinajstić information content (AvgIpc) is 2.65. The van der Waals surface area contributed by atoms with Crippen molar-refractivity contribution in [1.82, 2.24) is 5.32 Å². The predicted molar refractivity (Wildman–Crippen MR) is 119 cm³/mol. The third-order valence-corrected chi connectivity index (χ3v) is 6.14. The number of aliphatic hydroxyl groups is 1. The van der Waals surface area contributed by atoms with Crippen LogP contribution in [-0.2, 0) is 16.4 Å². The molecule has 0 heterocycles. The van der Waals surface area contributed by atoms with E-state index in [1.165, 1.54) is 12.1 Å². The number of sulfonamides is 1. The number of benzene rings is 2. The first-order valence-electron chi connectivity index (χ1n) is 9.29. The minimum Gasteiger partial charge on any atom is -0.489 e. The molecule has 0 fully saturated rings. The first-order valence-corrected chi connectivity index (χ1v) is 11.6. The number of hydrogen-bond acceptors (Lipinski definition) is 6. The molecule has 0 amide bonds. The molecule has 0 unspecified atom stereocenters. The number of rotatable bonds is 9. The summed E-state index contributed by atoms with van der Waals surface area (Å²) in [6.07, 6.45) is -0.188. The summed E-state index contributed by atoms with van der Waals surface area (Å²) in [6.45, 7) is 6.20. The van der Waals surface area contributed by atoms with E-state index in [-0.39, 0.29) is 23.6 Å². The molecule has 0 spiro atoms. The predicted octanol–water partition coefficient (Wildman–Crippen LogP) is 2.63. The van der Waals surface area contributed by atoms with E-state index in [1.807, 2.05) is 26.8 Å². The number of ether oxygens (including phenoxy) is 1. The van der Waals surface area contributed by atoms with E-state index in [1.54, 1.807) is 18.2 Å². The Morgan fingerprint density at radius 3 is 2.60 bits per heavy atom. The molecule has 0 bridgehead atoms. The van der Waals surface area contributed by atoms with Gasteiger partial charge < -0.3 is 15.2 Å². The maximum Gasteiger partial charge on any atom is 0.238 e. The van der Waals surface area contributed by atoms with E-state index in [9.17, 15) is 13.5 Å². The van der Waals surface area contributed by atoms with E-state index in [4.69, 9.17) is 15.1 Å². The highest BCUT2D eigenvalue weighted by atomic mass is 79.9. The fourth-order valence-electron chi connectivity index (χ4n) is 2.87. The number of aryl methyl sites for hydroxylation is 1. The van der Waals surface area contributed by atoms with Gasteiger partial charge in [-0.25, -0.2) is 13.6 Å². The number of hydrogen-bond donors (Lipinski definition) is 3. The first kappa shape index (κ1) is 24.3. The van der Waals surface area contributed by atoms with Gasteiger partial charge in [0.15, 0.2) is 0 Å². The van der Waals surface area contributed by atoms with Crippen LogP contribution in [0.15, 0.2) is 45.8 Å². The molecule has 0 aliphatic heterocycles. The van der Waals surface area contributed by atoms with Crippen LogP contribution in [0.5, 0.6) is 5.75 Å². The number of nitrogens with two attached hydrogens (primary N) is 1. The Morgan fingerprint density at radius 2 is 2.00 bits per heavy atom. The van der Waals surface area contributed by atoms with Gasteiger partial charge in [0.05, 0.1) is 10.5 Å². The van der Waals surface area contributed by atoms with Crippen LogP contribution >= 0.6 is 15.9 Å². The van der Waals surface area contributed by atoms with E-state index in [0.29, 0.717) is 22.2 Å². The largest absolute Gasteiger partial charge is 0.489 e. The van der Waals surface area contributed by atoms with Crippen LogP contribution in [0.25, 0.3) is 0 Å². The average molecular weight is 496 g/mol. The van der Waals surface area contributed by atoms with Gasteiger partial charge in [0.25, 0.3) is 0 Å². The van der Waals surface area contributed by atoms with Crippen molar-refractivity contribution in [1.29, 1.82) is 5.26 Å². The highest BCUT2D eigenvalue weighted by Crippen LogP contribution is 2.25. The van der Waals surface area contributed by atoms with Crippen molar-refractivity contribution >= 4 is 26.0 Å². The van der Waals surface area contributed by atoms with Gasteiger partial charge in [-0.1, -0.05) is 28.1 Å². The molecule has 0 aliphatic carbocycles. The maximum atomic E-state index is 11.5. The van der Waals surface area contributed by atoms with E-state index >= 15 is 0 Å². The van der Waals surface area contributed by atoms with Crippen molar-refractivity contribution in [3.8, 4) is 11.8 Å².